The fraction of sp³-hybridized carbons (Fsp3) is 0.286. The van der Waals surface area contributed by atoms with E-state index < -0.39 is 11.0 Å². The number of hydrogen-bond acceptors (Lipinski definition) is 5. The molecule has 1 aromatic carbocycles. The molecule has 1 atom stereocenters. The van der Waals surface area contributed by atoms with Gasteiger partial charge in [0.25, 0.3) is 5.69 Å². The van der Waals surface area contributed by atoms with Gasteiger partial charge in [-0.05, 0) is 30.7 Å². The number of aliphatic hydroxyl groups is 1. The summed E-state index contributed by atoms with van der Waals surface area (Å²) < 4.78 is 5.24. The van der Waals surface area contributed by atoms with Crippen molar-refractivity contribution < 1.29 is 14.4 Å². The number of furan rings is 1. The molecule has 2 rings (SSSR count). The molecule has 0 saturated heterocycles. The van der Waals surface area contributed by atoms with Crippen LogP contribution in [0.25, 0.3) is 0 Å². The molecule has 0 spiro atoms. The van der Waals surface area contributed by atoms with Gasteiger partial charge in [0.05, 0.1) is 23.8 Å². The van der Waals surface area contributed by atoms with Gasteiger partial charge in [-0.3, -0.25) is 10.1 Å². The number of hydrogen-bond donors (Lipinski definition) is 1. The second-order valence-corrected chi connectivity index (χ2v) is 4.62. The van der Waals surface area contributed by atoms with Gasteiger partial charge < -0.3 is 14.4 Å². The maximum absolute atomic E-state index is 11.2. The number of nitro groups is 1. The first kappa shape index (κ1) is 14.1. The number of anilines is 1. The average Bonchev–Trinajstić information content (AvgIpc) is 2.90. The smallest absolute Gasteiger partial charge is 0.292 e. The van der Waals surface area contributed by atoms with Crippen molar-refractivity contribution in [3.63, 3.8) is 0 Å². The molecule has 1 N–H and O–H groups in total. The zero-order valence-corrected chi connectivity index (χ0v) is 11.3. The number of aliphatic hydroxyl groups excluding tert-OH is 1. The molecular formula is C14H16N2O4. The lowest BCUT2D eigenvalue weighted by molar-refractivity contribution is -0.384. The Hall–Kier alpha value is -2.34. The Bertz CT molecular complexity index is 593. The molecule has 6 nitrogen and oxygen atoms in total. The highest BCUT2D eigenvalue weighted by Gasteiger charge is 2.19. The first-order chi connectivity index (χ1) is 9.49. The highest BCUT2D eigenvalue weighted by molar-refractivity contribution is 5.64. The number of benzene rings is 1. The maximum atomic E-state index is 11.2. The van der Waals surface area contributed by atoms with E-state index in [0.29, 0.717) is 17.8 Å². The van der Waals surface area contributed by atoms with E-state index in [9.17, 15) is 15.2 Å². The lowest BCUT2D eigenvalue weighted by atomic mass is 10.1. The van der Waals surface area contributed by atoms with E-state index in [2.05, 4.69) is 0 Å². The molecule has 0 aliphatic carbocycles. The van der Waals surface area contributed by atoms with E-state index in [0.717, 1.165) is 5.76 Å². The van der Waals surface area contributed by atoms with Crippen molar-refractivity contribution in [2.75, 3.05) is 11.9 Å². The molecule has 1 heterocycles. The molecule has 1 aromatic heterocycles. The van der Waals surface area contributed by atoms with Gasteiger partial charge in [-0.2, -0.15) is 0 Å². The van der Waals surface area contributed by atoms with Crippen molar-refractivity contribution in [2.45, 2.75) is 19.6 Å². The molecule has 0 radical (unpaired) electrons. The predicted octanol–water partition coefficient (Wildman–Crippen LogP) is 2.88. The fourth-order valence-corrected chi connectivity index (χ4v) is 1.99. The largest absolute Gasteiger partial charge is 0.467 e. The summed E-state index contributed by atoms with van der Waals surface area (Å²) in [5.74, 6) is 0.724. The highest BCUT2D eigenvalue weighted by Crippen LogP contribution is 2.31. The average molecular weight is 276 g/mol. The van der Waals surface area contributed by atoms with Gasteiger partial charge in [-0.25, -0.2) is 0 Å². The van der Waals surface area contributed by atoms with Crippen LogP contribution in [0.4, 0.5) is 11.4 Å². The molecule has 0 aliphatic rings. The first-order valence-corrected chi connectivity index (χ1v) is 6.19. The number of nitro benzene ring substituents is 1. The Morgan fingerprint density at radius 3 is 2.75 bits per heavy atom. The monoisotopic (exact) mass is 276 g/mol. The minimum absolute atomic E-state index is 0.0301. The lowest BCUT2D eigenvalue weighted by Crippen LogP contribution is -2.17. The molecule has 0 fully saturated rings. The van der Waals surface area contributed by atoms with Crippen molar-refractivity contribution >= 4 is 11.4 Å². The van der Waals surface area contributed by atoms with E-state index in [-0.39, 0.29) is 5.69 Å². The maximum Gasteiger partial charge on any atom is 0.292 e. The van der Waals surface area contributed by atoms with Crippen LogP contribution in [-0.2, 0) is 6.54 Å². The van der Waals surface area contributed by atoms with Gasteiger partial charge in [0.2, 0.25) is 0 Å². The van der Waals surface area contributed by atoms with Gasteiger partial charge in [-0.15, -0.1) is 0 Å². The van der Waals surface area contributed by atoms with E-state index in [4.69, 9.17) is 4.42 Å². The SMILES string of the molecule is C[C@@H](O)c1ccc(N(C)Cc2ccco2)c([N+](=O)[O-])c1. The third-order valence-electron chi connectivity index (χ3n) is 3.06. The number of nitrogens with zero attached hydrogens (tertiary/aromatic N) is 2. The van der Waals surface area contributed by atoms with Crippen LogP contribution in [0.5, 0.6) is 0 Å². The van der Waals surface area contributed by atoms with E-state index in [1.165, 1.54) is 6.07 Å². The quantitative estimate of drug-likeness (QED) is 0.671. The molecule has 0 bridgehead atoms. The summed E-state index contributed by atoms with van der Waals surface area (Å²) in [6, 6.07) is 8.31. The minimum Gasteiger partial charge on any atom is -0.467 e. The van der Waals surface area contributed by atoms with Crippen LogP contribution in [-0.4, -0.2) is 17.1 Å². The standard InChI is InChI=1S/C14H16N2O4/c1-10(17)11-5-6-13(14(8-11)16(18)19)15(2)9-12-4-3-7-20-12/h3-8,10,17H,9H2,1-2H3/t10-/m1/s1. The third-order valence-corrected chi connectivity index (χ3v) is 3.06. The minimum atomic E-state index is -0.738. The van der Waals surface area contributed by atoms with Crippen molar-refractivity contribution in [1.29, 1.82) is 0 Å². The van der Waals surface area contributed by atoms with Crippen LogP contribution in [0.3, 0.4) is 0 Å². The summed E-state index contributed by atoms with van der Waals surface area (Å²) in [6.07, 6.45) is 0.826. The second kappa shape index (κ2) is 5.75. The lowest BCUT2D eigenvalue weighted by Gasteiger charge is -2.18. The van der Waals surface area contributed by atoms with Gasteiger partial charge in [-0.1, -0.05) is 6.07 Å². The fourth-order valence-electron chi connectivity index (χ4n) is 1.99. The predicted molar refractivity (Wildman–Crippen MR) is 74.5 cm³/mol. The Morgan fingerprint density at radius 1 is 1.45 bits per heavy atom. The Labute approximate surface area is 116 Å². The van der Waals surface area contributed by atoms with Crippen molar-refractivity contribution in [3.05, 3.63) is 58.0 Å². The molecule has 0 aliphatic heterocycles. The summed E-state index contributed by atoms with van der Waals surface area (Å²) >= 11 is 0. The van der Waals surface area contributed by atoms with Crippen LogP contribution >= 0.6 is 0 Å². The second-order valence-electron chi connectivity index (χ2n) is 4.62. The first-order valence-electron chi connectivity index (χ1n) is 6.19. The Balaban J connectivity index is 2.32. The van der Waals surface area contributed by atoms with E-state index in [1.807, 2.05) is 6.07 Å². The summed E-state index contributed by atoms with van der Waals surface area (Å²) in [5, 5.41) is 20.7. The van der Waals surface area contributed by atoms with Crippen LogP contribution in [0, 0.1) is 10.1 Å². The molecule has 106 valence electrons. The Morgan fingerprint density at radius 2 is 2.20 bits per heavy atom. The Kier molecular flexibility index (Phi) is 4.05. The van der Waals surface area contributed by atoms with Crippen LogP contribution < -0.4 is 4.90 Å². The summed E-state index contributed by atoms with van der Waals surface area (Å²) in [4.78, 5) is 12.5. The van der Waals surface area contributed by atoms with Gasteiger partial charge in [0.15, 0.2) is 0 Å². The van der Waals surface area contributed by atoms with Crippen LogP contribution in [0.2, 0.25) is 0 Å². The zero-order valence-electron chi connectivity index (χ0n) is 11.3. The van der Waals surface area contributed by atoms with Gasteiger partial charge in [0, 0.05) is 13.1 Å². The molecule has 0 amide bonds. The van der Waals surface area contributed by atoms with Crippen LogP contribution in [0.1, 0.15) is 24.4 Å². The van der Waals surface area contributed by atoms with Gasteiger partial charge in [0.1, 0.15) is 11.4 Å². The zero-order chi connectivity index (χ0) is 14.7. The van der Waals surface area contributed by atoms with E-state index >= 15 is 0 Å². The molecule has 2 aromatic rings. The topological polar surface area (TPSA) is 79.8 Å². The molecule has 20 heavy (non-hydrogen) atoms. The number of rotatable bonds is 5. The van der Waals surface area contributed by atoms with Crippen LogP contribution in [0.15, 0.2) is 41.0 Å². The summed E-state index contributed by atoms with van der Waals surface area (Å²) in [5.41, 5.74) is 0.972. The van der Waals surface area contributed by atoms with Crippen molar-refractivity contribution in [3.8, 4) is 0 Å². The van der Waals surface area contributed by atoms with Crippen molar-refractivity contribution in [1.82, 2.24) is 0 Å². The normalized spacial score (nSPS) is 12.2. The van der Waals surface area contributed by atoms with Crippen molar-refractivity contribution in [2.24, 2.45) is 0 Å². The summed E-state index contributed by atoms with van der Waals surface area (Å²) in [7, 11) is 1.76. The summed E-state index contributed by atoms with van der Waals surface area (Å²) in [6.45, 7) is 2.01. The molecule has 6 heteroatoms. The molecule has 0 saturated carbocycles. The highest BCUT2D eigenvalue weighted by atomic mass is 16.6. The van der Waals surface area contributed by atoms with E-state index in [1.54, 1.807) is 43.3 Å². The molecule has 0 unspecified atom stereocenters. The third kappa shape index (κ3) is 2.97. The van der Waals surface area contributed by atoms with Gasteiger partial charge >= 0.3 is 0 Å². The molecular weight excluding hydrogens is 260 g/mol.